The Hall–Kier alpha value is -1.06. The molecule has 0 bridgehead atoms. The highest BCUT2D eigenvalue weighted by atomic mass is 16.5. The third-order valence-corrected chi connectivity index (χ3v) is 3.93. The van der Waals surface area contributed by atoms with Crippen molar-refractivity contribution in [2.75, 3.05) is 19.8 Å². The highest BCUT2D eigenvalue weighted by molar-refractivity contribution is 5.40. The van der Waals surface area contributed by atoms with Gasteiger partial charge in [-0.2, -0.15) is 0 Å². The van der Waals surface area contributed by atoms with E-state index in [4.69, 9.17) is 9.47 Å². The van der Waals surface area contributed by atoms with Crippen LogP contribution in [0.15, 0.2) is 18.2 Å². The van der Waals surface area contributed by atoms with E-state index in [1.54, 1.807) is 0 Å². The molecule has 1 aromatic rings. The third-order valence-electron chi connectivity index (χ3n) is 3.93. The van der Waals surface area contributed by atoms with Crippen molar-refractivity contribution in [3.05, 3.63) is 29.3 Å². The second-order valence-electron chi connectivity index (χ2n) is 5.80. The molecule has 2 aliphatic heterocycles. The summed E-state index contributed by atoms with van der Waals surface area (Å²) in [6, 6.07) is 6.43. The maximum Gasteiger partial charge on any atom is 0.123 e. The maximum absolute atomic E-state index is 5.96. The van der Waals surface area contributed by atoms with Gasteiger partial charge in [0.2, 0.25) is 0 Å². The number of hydrogen-bond acceptors (Lipinski definition) is 3. The van der Waals surface area contributed by atoms with Crippen molar-refractivity contribution in [1.82, 2.24) is 5.32 Å². The van der Waals surface area contributed by atoms with Crippen LogP contribution in [0.2, 0.25) is 0 Å². The zero-order valence-electron chi connectivity index (χ0n) is 11.2. The number of benzene rings is 1. The van der Waals surface area contributed by atoms with Gasteiger partial charge < -0.3 is 14.8 Å². The molecule has 1 fully saturated rings. The number of hydrogen-bond donors (Lipinski definition) is 1. The molecule has 1 aromatic carbocycles. The molecule has 0 aliphatic carbocycles. The van der Waals surface area contributed by atoms with Crippen LogP contribution < -0.4 is 10.1 Å². The second kappa shape index (κ2) is 4.56. The van der Waals surface area contributed by atoms with Crippen molar-refractivity contribution < 1.29 is 9.47 Å². The molecule has 3 nitrogen and oxygen atoms in total. The first-order valence-electron chi connectivity index (χ1n) is 6.74. The first kappa shape index (κ1) is 12.0. The first-order chi connectivity index (χ1) is 8.65. The minimum atomic E-state index is 0.133. The Morgan fingerprint density at radius 2 is 2.33 bits per heavy atom. The molecule has 0 saturated carbocycles. The Balaban J connectivity index is 1.58. The third kappa shape index (κ3) is 2.38. The van der Waals surface area contributed by atoms with Crippen LogP contribution in [-0.2, 0) is 11.2 Å². The van der Waals surface area contributed by atoms with E-state index in [9.17, 15) is 0 Å². The lowest BCUT2D eigenvalue weighted by atomic mass is 10.0. The van der Waals surface area contributed by atoms with Crippen LogP contribution in [-0.4, -0.2) is 31.4 Å². The lowest BCUT2D eigenvalue weighted by Gasteiger charge is -2.25. The predicted octanol–water partition coefficient (Wildman–Crippen LogP) is 2.07. The van der Waals surface area contributed by atoms with Gasteiger partial charge in [0.1, 0.15) is 11.9 Å². The topological polar surface area (TPSA) is 30.5 Å². The second-order valence-corrected chi connectivity index (χ2v) is 5.80. The number of nitrogens with one attached hydrogen (secondary N) is 1. The van der Waals surface area contributed by atoms with Crippen LogP contribution in [0.4, 0.5) is 0 Å². The van der Waals surface area contributed by atoms with E-state index in [-0.39, 0.29) is 11.6 Å². The zero-order chi connectivity index (χ0) is 12.6. The summed E-state index contributed by atoms with van der Waals surface area (Å²) in [7, 11) is 0. The standard InChI is InChI=1S/C15H21NO2/c1-11-3-4-14-12(7-11)8-13(18-14)9-16-15(2)5-6-17-10-15/h3-4,7,13,16H,5-6,8-10H2,1-2H3. The summed E-state index contributed by atoms with van der Waals surface area (Å²) >= 11 is 0. The molecule has 0 aromatic heterocycles. The van der Waals surface area contributed by atoms with Gasteiger partial charge in [0.05, 0.1) is 6.61 Å². The Kier molecular flexibility index (Phi) is 3.04. The Morgan fingerprint density at radius 1 is 1.44 bits per heavy atom. The van der Waals surface area contributed by atoms with Crippen LogP contribution in [0, 0.1) is 6.92 Å². The molecule has 2 heterocycles. The quantitative estimate of drug-likeness (QED) is 0.887. The minimum Gasteiger partial charge on any atom is -0.488 e. The van der Waals surface area contributed by atoms with E-state index in [1.165, 1.54) is 11.1 Å². The molecule has 0 spiro atoms. The van der Waals surface area contributed by atoms with Gasteiger partial charge in [0.25, 0.3) is 0 Å². The molecule has 2 unspecified atom stereocenters. The van der Waals surface area contributed by atoms with Crippen molar-refractivity contribution in [3.63, 3.8) is 0 Å². The molecule has 1 N–H and O–H groups in total. The normalized spacial score (nSPS) is 30.2. The van der Waals surface area contributed by atoms with E-state index >= 15 is 0 Å². The Labute approximate surface area is 108 Å². The van der Waals surface area contributed by atoms with E-state index in [0.717, 1.165) is 38.3 Å². The molecule has 3 rings (SSSR count). The minimum absolute atomic E-state index is 0.133. The van der Waals surface area contributed by atoms with Crippen LogP contribution in [0.1, 0.15) is 24.5 Å². The Bertz CT molecular complexity index is 438. The molecular formula is C15H21NO2. The number of ether oxygens (including phenoxy) is 2. The predicted molar refractivity (Wildman–Crippen MR) is 71.1 cm³/mol. The summed E-state index contributed by atoms with van der Waals surface area (Å²) in [6.45, 7) is 6.93. The fourth-order valence-electron chi connectivity index (χ4n) is 2.73. The van der Waals surface area contributed by atoms with E-state index in [1.807, 2.05) is 0 Å². The van der Waals surface area contributed by atoms with E-state index in [2.05, 4.69) is 37.4 Å². The summed E-state index contributed by atoms with van der Waals surface area (Å²) in [5.41, 5.74) is 2.78. The molecule has 0 radical (unpaired) electrons. The van der Waals surface area contributed by atoms with Gasteiger partial charge in [-0.15, -0.1) is 0 Å². The SMILES string of the molecule is Cc1ccc2c(c1)CC(CNC1(C)CCOC1)O2. The Morgan fingerprint density at radius 3 is 3.11 bits per heavy atom. The van der Waals surface area contributed by atoms with Gasteiger partial charge in [-0.3, -0.25) is 0 Å². The van der Waals surface area contributed by atoms with Gasteiger partial charge >= 0.3 is 0 Å². The summed E-state index contributed by atoms with van der Waals surface area (Å²) in [5.74, 6) is 1.06. The van der Waals surface area contributed by atoms with Crippen LogP contribution in [0.3, 0.4) is 0 Å². The van der Waals surface area contributed by atoms with Crippen molar-refractivity contribution >= 4 is 0 Å². The molecule has 18 heavy (non-hydrogen) atoms. The van der Waals surface area contributed by atoms with Gasteiger partial charge in [0.15, 0.2) is 0 Å². The average Bonchev–Trinajstić information content (AvgIpc) is 2.93. The summed E-state index contributed by atoms with van der Waals surface area (Å²) in [6.07, 6.45) is 2.37. The number of aryl methyl sites for hydroxylation is 1. The lowest BCUT2D eigenvalue weighted by Crippen LogP contribution is -2.47. The van der Waals surface area contributed by atoms with Crippen molar-refractivity contribution in [1.29, 1.82) is 0 Å². The lowest BCUT2D eigenvalue weighted by molar-refractivity contribution is 0.160. The largest absolute Gasteiger partial charge is 0.488 e. The summed E-state index contributed by atoms with van der Waals surface area (Å²) in [4.78, 5) is 0. The van der Waals surface area contributed by atoms with Crippen molar-refractivity contribution in [3.8, 4) is 5.75 Å². The van der Waals surface area contributed by atoms with Crippen LogP contribution in [0.25, 0.3) is 0 Å². The fourth-order valence-corrected chi connectivity index (χ4v) is 2.73. The molecule has 2 atom stereocenters. The van der Waals surface area contributed by atoms with Gasteiger partial charge in [-0.05, 0) is 31.9 Å². The van der Waals surface area contributed by atoms with Gasteiger partial charge in [-0.25, -0.2) is 0 Å². The molecule has 98 valence electrons. The monoisotopic (exact) mass is 247 g/mol. The average molecular weight is 247 g/mol. The zero-order valence-corrected chi connectivity index (χ0v) is 11.2. The van der Waals surface area contributed by atoms with Crippen LogP contribution >= 0.6 is 0 Å². The highest BCUT2D eigenvalue weighted by Crippen LogP contribution is 2.29. The fraction of sp³-hybridized carbons (Fsp3) is 0.600. The molecule has 1 saturated heterocycles. The number of fused-ring (bicyclic) bond motifs is 1. The summed E-state index contributed by atoms with van der Waals surface area (Å²) < 4.78 is 11.4. The van der Waals surface area contributed by atoms with E-state index in [0.29, 0.717) is 0 Å². The summed E-state index contributed by atoms with van der Waals surface area (Å²) in [5, 5.41) is 3.60. The van der Waals surface area contributed by atoms with Gasteiger partial charge in [-0.1, -0.05) is 17.7 Å². The van der Waals surface area contributed by atoms with Crippen molar-refractivity contribution in [2.45, 2.75) is 38.3 Å². The van der Waals surface area contributed by atoms with Crippen molar-refractivity contribution in [2.24, 2.45) is 0 Å². The number of rotatable bonds is 3. The van der Waals surface area contributed by atoms with E-state index < -0.39 is 0 Å². The molecule has 3 heteroatoms. The first-order valence-corrected chi connectivity index (χ1v) is 6.74. The highest BCUT2D eigenvalue weighted by Gasteiger charge is 2.31. The smallest absolute Gasteiger partial charge is 0.123 e. The molecule has 0 amide bonds. The molecular weight excluding hydrogens is 226 g/mol. The maximum atomic E-state index is 5.96. The van der Waals surface area contributed by atoms with Crippen LogP contribution in [0.5, 0.6) is 5.75 Å². The molecule has 2 aliphatic rings. The van der Waals surface area contributed by atoms with Gasteiger partial charge in [0, 0.05) is 25.1 Å².